The number of hydrogen-bond donors (Lipinski definition) is 1. The Morgan fingerprint density at radius 1 is 1.29 bits per heavy atom. The molecule has 0 fully saturated rings. The second-order valence-electron chi connectivity index (χ2n) is 8.79. The van der Waals surface area contributed by atoms with Crippen molar-refractivity contribution in [3.05, 3.63) is 34.9 Å². The summed E-state index contributed by atoms with van der Waals surface area (Å²) in [5.41, 5.74) is 2.29. The predicted molar refractivity (Wildman–Crippen MR) is 113 cm³/mol. The average molecular weight is 389 g/mol. The van der Waals surface area contributed by atoms with Crippen LogP contribution < -0.4 is 4.74 Å². The third-order valence-corrected chi connectivity index (χ3v) is 5.35. The Kier molecular flexibility index (Phi) is 7.97. The van der Waals surface area contributed by atoms with E-state index in [4.69, 9.17) is 9.47 Å². The van der Waals surface area contributed by atoms with E-state index in [1.807, 2.05) is 33.8 Å². The van der Waals surface area contributed by atoms with E-state index in [2.05, 4.69) is 19.1 Å². The zero-order chi connectivity index (χ0) is 20.7. The molecule has 2 rings (SSSR count). The molecule has 0 saturated carbocycles. The lowest BCUT2D eigenvalue weighted by molar-refractivity contribution is -0.159. The summed E-state index contributed by atoms with van der Waals surface area (Å²) in [6.45, 7) is 9.47. The lowest BCUT2D eigenvalue weighted by Crippen LogP contribution is -2.24. The van der Waals surface area contributed by atoms with Crippen LogP contribution in [0.25, 0.3) is 0 Å². The van der Waals surface area contributed by atoms with Gasteiger partial charge in [-0.3, -0.25) is 4.79 Å². The number of benzene rings is 1. The number of ether oxygens (including phenoxy) is 2. The van der Waals surface area contributed by atoms with Crippen molar-refractivity contribution in [2.75, 3.05) is 6.79 Å². The Balaban J connectivity index is 2.28. The molecule has 0 aliphatic heterocycles. The van der Waals surface area contributed by atoms with Gasteiger partial charge in [0.1, 0.15) is 11.5 Å². The molecule has 1 atom stereocenters. The minimum Gasteiger partial charge on any atom is -0.507 e. The molecule has 0 amide bonds. The Morgan fingerprint density at radius 2 is 2.04 bits per heavy atom. The van der Waals surface area contributed by atoms with Crippen LogP contribution in [0.2, 0.25) is 0 Å². The van der Waals surface area contributed by atoms with Crippen LogP contribution in [-0.4, -0.2) is 17.9 Å². The Bertz CT molecular complexity index is 698. The number of aromatic hydroxyl groups is 1. The highest BCUT2D eigenvalue weighted by atomic mass is 16.7. The molecule has 4 heteroatoms. The van der Waals surface area contributed by atoms with E-state index in [0.717, 1.165) is 61.6 Å². The molecule has 1 aromatic rings. The predicted octanol–water partition coefficient (Wildman–Crippen LogP) is 6.18. The van der Waals surface area contributed by atoms with Crippen LogP contribution in [0, 0.1) is 12.3 Å². The minimum absolute atomic E-state index is 0.130. The van der Waals surface area contributed by atoms with Crippen molar-refractivity contribution in [2.24, 2.45) is 5.41 Å². The first kappa shape index (κ1) is 22.3. The fraction of sp³-hybridized carbons (Fsp3) is 0.625. The number of esters is 1. The fourth-order valence-corrected chi connectivity index (χ4v) is 3.53. The normalized spacial score (nSPS) is 16.8. The van der Waals surface area contributed by atoms with Gasteiger partial charge in [0.15, 0.2) is 0 Å². The van der Waals surface area contributed by atoms with Crippen molar-refractivity contribution < 1.29 is 19.4 Å². The number of carbonyl (C=O) groups is 1. The van der Waals surface area contributed by atoms with E-state index in [1.54, 1.807) is 0 Å². The fourth-order valence-electron chi connectivity index (χ4n) is 3.53. The summed E-state index contributed by atoms with van der Waals surface area (Å²) in [7, 11) is 0. The molecule has 0 aromatic heterocycles. The topological polar surface area (TPSA) is 55.8 Å². The van der Waals surface area contributed by atoms with Gasteiger partial charge in [-0.2, -0.15) is 0 Å². The summed E-state index contributed by atoms with van der Waals surface area (Å²) < 4.78 is 11.2. The lowest BCUT2D eigenvalue weighted by atomic mass is 9.85. The molecular formula is C24H36O4. The van der Waals surface area contributed by atoms with Crippen molar-refractivity contribution in [1.29, 1.82) is 0 Å². The third-order valence-electron chi connectivity index (χ3n) is 5.35. The van der Waals surface area contributed by atoms with Crippen LogP contribution in [-0.2, 0) is 16.0 Å². The van der Waals surface area contributed by atoms with E-state index in [1.165, 1.54) is 0 Å². The van der Waals surface area contributed by atoms with Gasteiger partial charge in [0.25, 0.3) is 0 Å². The van der Waals surface area contributed by atoms with Crippen LogP contribution in [0.5, 0.6) is 11.5 Å². The minimum atomic E-state index is -0.570. The van der Waals surface area contributed by atoms with Crippen molar-refractivity contribution in [1.82, 2.24) is 0 Å². The SMILES string of the molecule is CCCCCc1cc(OCOC(=O)C(C)(C)C)c(C2C=CCCC2)c(O)c1C. The number of carbonyl (C=O) groups excluding carboxylic acids is 1. The number of aryl methyl sites for hydroxylation is 1. The lowest BCUT2D eigenvalue weighted by Gasteiger charge is -2.24. The van der Waals surface area contributed by atoms with E-state index in [-0.39, 0.29) is 18.7 Å². The first-order chi connectivity index (χ1) is 13.3. The van der Waals surface area contributed by atoms with Crippen LogP contribution >= 0.6 is 0 Å². The summed E-state index contributed by atoms with van der Waals surface area (Å²) >= 11 is 0. The Morgan fingerprint density at radius 3 is 2.64 bits per heavy atom. The molecule has 156 valence electrons. The summed E-state index contributed by atoms with van der Waals surface area (Å²) in [6.07, 6.45) is 11.8. The monoisotopic (exact) mass is 388 g/mol. The second-order valence-corrected chi connectivity index (χ2v) is 8.79. The van der Waals surface area contributed by atoms with Crippen molar-refractivity contribution in [3.8, 4) is 11.5 Å². The van der Waals surface area contributed by atoms with Gasteiger partial charge in [-0.25, -0.2) is 0 Å². The van der Waals surface area contributed by atoms with Crippen LogP contribution in [0.3, 0.4) is 0 Å². The largest absolute Gasteiger partial charge is 0.507 e. The van der Waals surface area contributed by atoms with Crippen molar-refractivity contribution in [2.45, 2.75) is 85.5 Å². The molecule has 0 spiro atoms. The smallest absolute Gasteiger partial charge is 0.314 e. The maximum Gasteiger partial charge on any atom is 0.314 e. The highest BCUT2D eigenvalue weighted by Crippen LogP contribution is 2.43. The van der Waals surface area contributed by atoms with Gasteiger partial charge < -0.3 is 14.6 Å². The van der Waals surface area contributed by atoms with Crippen molar-refractivity contribution in [3.63, 3.8) is 0 Å². The number of rotatable bonds is 8. The number of phenols is 1. The molecule has 0 radical (unpaired) electrons. The van der Waals surface area contributed by atoms with Gasteiger partial charge in [-0.15, -0.1) is 0 Å². The molecule has 28 heavy (non-hydrogen) atoms. The number of allylic oxidation sites excluding steroid dienone is 2. The molecule has 1 aliphatic carbocycles. The first-order valence-corrected chi connectivity index (χ1v) is 10.6. The highest BCUT2D eigenvalue weighted by molar-refractivity contribution is 5.75. The number of phenolic OH excluding ortho intramolecular Hbond substituents is 1. The van der Waals surface area contributed by atoms with Crippen molar-refractivity contribution >= 4 is 5.97 Å². The van der Waals surface area contributed by atoms with Gasteiger partial charge >= 0.3 is 5.97 Å². The van der Waals surface area contributed by atoms with Crippen LogP contribution in [0.4, 0.5) is 0 Å². The van der Waals surface area contributed by atoms with Gasteiger partial charge in [-0.05, 0) is 77.0 Å². The zero-order valence-corrected chi connectivity index (χ0v) is 18.1. The quantitative estimate of drug-likeness (QED) is 0.250. The standard InChI is InChI=1S/C24H36O4/c1-6-7-9-14-19-15-20(27-16-28-23(26)24(3,4)5)21(22(25)17(19)2)18-12-10-8-11-13-18/h10,12,15,18,25H,6-9,11,13-14,16H2,1-5H3. The molecule has 0 bridgehead atoms. The van der Waals surface area contributed by atoms with Gasteiger partial charge in [0, 0.05) is 11.5 Å². The molecule has 4 nitrogen and oxygen atoms in total. The molecule has 0 saturated heterocycles. The van der Waals surface area contributed by atoms with Crippen LogP contribution in [0.15, 0.2) is 18.2 Å². The van der Waals surface area contributed by atoms with E-state index >= 15 is 0 Å². The second kappa shape index (κ2) is 9.99. The first-order valence-electron chi connectivity index (χ1n) is 10.6. The molecule has 1 unspecified atom stereocenters. The molecule has 1 aliphatic rings. The Hall–Kier alpha value is -1.97. The number of unbranched alkanes of at least 4 members (excludes halogenated alkanes) is 2. The average Bonchev–Trinajstić information content (AvgIpc) is 2.65. The van der Waals surface area contributed by atoms with E-state index < -0.39 is 5.41 Å². The van der Waals surface area contributed by atoms with Gasteiger partial charge in [0.05, 0.1) is 5.41 Å². The summed E-state index contributed by atoms with van der Waals surface area (Å²) in [4.78, 5) is 12.0. The molecule has 1 N–H and O–H groups in total. The number of hydrogen-bond acceptors (Lipinski definition) is 4. The van der Waals surface area contributed by atoms with E-state index in [9.17, 15) is 9.90 Å². The molecular weight excluding hydrogens is 352 g/mol. The summed E-state index contributed by atoms with van der Waals surface area (Å²) in [5, 5.41) is 11.0. The summed E-state index contributed by atoms with van der Waals surface area (Å²) in [6, 6.07) is 2.04. The molecule has 1 aromatic carbocycles. The summed E-state index contributed by atoms with van der Waals surface area (Å²) in [5.74, 6) is 0.784. The third kappa shape index (κ3) is 5.76. The molecule has 0 heterocycles. The van der Waals surface area contributed by atoms with Crippen LogP contribution in [0.1, 0.15) is 88.8 Å². The van der Waals surface area contributed by atoms with Gasteiger partial charge in [-0.1, -0.05) is 31.9 Å². The van der Waals surface area contributed by atoms with Gasteiger partial charge in [0.2, 0.25) is 6.79 Å². The van der Waals surface area contributed by atoms with E-state index in [0.29, 0.717) is 11.5 Å². The zero-order valence-electron chi connectivity index (χ0n) is 18.1. The maximum absolute atomic E-state index is 12.0. The Labute approximate surface area is 169 Å². The highest BCUT2D eigenvalue weighted by Gasteiger charge is 2.25. The maximum atomic E-state index is 12.0.